The Hall–Kier alpha value is -1.14. The molecule has 21 heavy (non-hydrogen) atoms. The number of ether oxygens (including phenoxy) is 4. The highest BCUT2D eigenvalue weighted by atomic mass is 16.7. The summed E-state index contributed by atoms with van der Waals surface area (Å²) >= 11 is 0. The molecule has 0 radical (unpaired) electrons. The maximum absolute atomic E-state index is 12.1. The molecule has 1 atom stereocenters. The van der Waals surface area contributed by atoms with E-state index in [1.807, 2.05) is 0 Å². The highest BCUT2D eigenvalue weighted by Crippen LogP contribution is 2.26. The fraction of sp³-hybridized carbons (Fsp3) is 0.867. The minimum atomic E-state index is -1.33. The average molecular weight is 302 g/mol. The van der Waals surface area contributed by atoms with Crippen molar-refractivity contribution >= 4 is 11.9 Å². The molecule has 0 aromatic carbocycles. The summed E-state index contributed by atoms with van der Waals surface area (Å²) < 4.78 is 21.0. The molecule has 1 heterocycles. The SMILES string of the molecule is CCOC(=O)C(C)(CCOC1CCCCO1)C(=O)OCC. The van der Waals surface area contributed by atoms with E-state index < -0.39 is 17.4 Å². The van der Waals surface area contributed by atoms with Crippen LogP contribution in [-0.2, 0) is 28.5 Å². The largest absolute Gasteiger partial charge is 0.465 e. The Balaban J connectivity index is 2.55. The standard InChI is InChI=1S/C15H26O6/c1-4-18-13(16)15(3,14(17)19-5-2)9-11-21-12-8-6-7-10-20-12/h12H,4-11H2,1-3H3. The van der Waals surface area contributed by atoms with Gasteiger partial charge >= 0.3 is 11.9 Å². The summed E-state index contributed by atoms with van der Waals surface area (Å²) in [5.41, 5.74) is -1.33. The molecule has 0 saturated carbocycles. The van der Waals surface area contributed by atoms with E-state index in [1.54, 1.807) is 13.8 Å². The molecule has 0 aromatic rings. The Morgan fingerprint density at radius 2 is 1.76 bits per heavy atom. The van der Waals surface area contributed by atoms with Gasteiger partial charge in [-0.2, -0.15) is 0 Å². The fourth-order valence-corrected chi connectivity index (χ4v) is 2.11. The van der Waals surface area contributed by atoms with Crippen LogP contribution in [-0.4, -0.2) is 44.7 Å². The Morgan fingerprint density at radius 3 is 2.24 bits per heavy atom. The van der Waals surface area contributed by atoms with Crippen molar-refractivity contribution in [3.8, 4) is 0 Å². The monoisotopic (exact) mass is 302 g/mol. The molecule has 1 rings (SSSR count). The molecule has 1 aliphatic rings. The molecule has 1 unspecified atom stereocenters. The molecule has 1 fully saturated rings. The Labute approximate surface area is 126 Å². The second-order valence-electron chi connectivity index (χ2n) is 5.19. The van der Waals surface area contributed by atoms with Gasteiger partial charge in [-0.3, -0.25) is 9.59 Å². The first-order valence-electron chi connectivity index (χ1n) is 7.62. The van der Waals surface area contributed by atoms with Gasteiger partial charge in [-0.25, -0.2) is 0 Å². The van der Waals surface area contributed by atoms with Crippen LogP contribution in [0.4, 0.5) is 0 Å². The third-order valence-corrected chi connectivity index (χ3v) is 3.50. The van der Waals surface area contributed by atoms with Crippen molar-refractivity contribution in [3.05, 3.63) is 0 Å². The van der Waals surface area contributed by atoms with E-state index in [0.717, 1.165) is 19.3 Å². The van der Waals surface area contributed by atoms with Crippen molar-refractivity contribution in [2.45, 2.75) is 52.7 Å². The summed E-state index contributed by atoms with van der Waals surface area (Å²) in [4.78, 5) is 24.1. The maximum Gasteiger partial charge on any atom is 0.323 e. The molecule has 6 nitrogen and oxygen atoms in total. The first-order chi connectivity index (χ1) is 10.0. The number of carbonyl (C=O) groups excluding carboxylic acids is 2. The molecular weight excluding hydrogens is 276 g/mol. The lowest BCUT2D eigenvalue weighted by Crippen LogP contribution is -2.41. The molecular formula is C15H26O6. The minimum absolute atomic E-state index is 0.213. The van der Waals surface area contributed by atoms with Crippen LogP contribution in [0.5, 0.6) is 0 Å². The first-order valence-corrected chi connectivity index (χ1v) is 7.62. The molecule has 1 aliphatic heterocycles. The quantitative estimate of drug-likeness (QED) is 0.505. The van der Waals surface area contributed by atoms with Crippen LogP contribution in [0.2, 0.25) is 0 Å². The third-order valence-electron chi connectivity index (χ3n) is 3.50. The zero-order chi connectivity index (χ0) is 15.7. The van der Waals surface area contributed by atoms with Crippen LogP contribution in [0.25, 0.3) is 0 Å². The van der Waals surface area contributed by atoms with Crippen LogP contribution < -0.4 is 0 Å². The summed E-state index contributed by atoms with van der Waals surface area (Å²) in [5.74, 6) is -1.15. The minimum Gasteiger partial charge on any atom is -0.465 e. The van der Waals surface area contributed by atoms with Crippen molar-refractivity contribution in [1.82, 2.24) is 0 Å². The van der Waals surface area contributed by atoms with E-state index in [-0.39, 0.29) is 32.5 Å². The topological polar surface area (TPSA) is 71.1 Å². The zero-order valence-corrected chi connectivity index (χ0v) is 13.2. The van der Waals surface area contributed by atoms with Crippen molar-refractivity contribution in [2.75, 3.05) is 26.4 Å². The summed E-state index contributed by atoms with van der Waals surface area (Å²) in [7, 11) is 0. The summed E-state index contributed by atoms with van der Waals surface area (Å²) in [5, 5.41) is 0. The van der Waals surface area contributed by atoms with Gasteiger partial charge in [0.2, 0.25) is 0 Å². The second-order valence-corrected chi connectivity index (χ2v) is 5.19. The van der Waals surface area contributed by atoms with E-state index in [9.17, 15) is 9.59 Å². The van der Waals surface area contributed by atoms with E-state index >= 15 is 0 Å². The van der Waals surface area contributed by atoms with Crippen LogP contribution in [0.15, 0.2) is 0 Å². The van der Waals surface area contributed by atoms with E-state index in [2.05, 4.69) is 0 Å². The van der Waals surface area contributed by atoms with Crippen LogP contribution in [0.1, 0.15) is 46.5 Å². The molecule has 6 heteroatoms. The van der Waals surface area contributed by atoms with E-state index in [0.29, 0.717) is 6.61 Å². The highest BCUT2D eigenvalue weighted by molar-refractivity contribution is 5.99. The van der Waals surface area contributed by atoms with Gasteiger partial charge in [-0.05, 0) is 46.5 Å². The smallest absolute Gasteiger partial charge is 0.323 e. The van der Waals surface area contributed by atoms with Crippen molar-refractivity contribution in [1.29, 1.82) is 0 Å². The highest BCUT2D eigenvalue weighted by Gasteiger charge is 2.44. The van der Waals surface area contributed by atoms with Gasteiger partial charge in [0.1, 0.15) is 0 Å². The van der Waals surface area contributed by atoms with Crippen LogP contribution in [0, 0.1) is 5.41 Å². The van der Waals surface area contributed by atoms with E-state index in [4.69, 9.17) is 18.9 Å². The second kappa shape index (κ2) is 9.00. The van der Waals surface area contributed by atoms with Crippen LogP contribution >= 0.6 is 0 Å². The fourth-order valence-electron chi connectivity index (χ4n) is 2.11. The summed E-state index contributed by atoms with van der Waals surface area (Å²) in [6, 6.07) is 0. The molecule has 0 bridgehead atoms. The predicted octanol–water partition coefficient (Wildman–Crippen LogP) is 2.05. The lowest BCUT2D eigenvalue weighted by atomic mass is 9.87. The molecule has 1 saturated heterocycles. The van der Waals surface area contributed by atoms with E-state index in [1.165, 1.54) is 6.92 Å². The van der Waals surface area contributed by atoms with Crippen molar-refractivity contribution in [2.24, 2.45) is 5.41 Å². The van der Waals surface area contributed by atoms with Gasteiger partial charge in [0.25, 0.3) is 0 Å². The molecule has 0 amide bonds. The van der Waals surface area contributed by atoms with Gasteiger partial charge < -0.3 is 18.9 Å². The summed E-state index contributed by atoms with van der Waals surface area (Å²) in [6.07, 6.45) is 2.92. The number of hydrogen-bond acceptors (Lipinski definition) is 6. The average Bonchev–Trinajstić information content (AvgIpc) is 2.48. The lowest BCUT2D eigenvalue weighted by molar-refractivity contribution is -0.182. The lowest BCUT2D eigenvalue weighted by Gasteiger charge is -2.27. The van der Waals surface area contributed by atoms with Gasteiger partial charge in [0.15, 0.2) is 11.7 Å². The Bertz CT molecular complexity index is 317. The molecule has 122 valence electrons. The summed E-state index contributed by atoms with van der Waals surface area (Å²) in [6.45, 7) is 6.33. The molecule has 0 spiro atoms. The Morgan fingerprint density at radius 1 is 1.14 bits per heavy atom. The molecule has 0 aliphatic carbocycles. The number of hydrogen-bond donors (Lipinski definition) is 0. The number of esters is 2. The predicted molar refractivity (Wildman–Crippen MR) is 75.5 cm³/mol. The van der Waals surface area contributed by atoms with Crippen molar-refractivity contribution in [3.63, 3.8) is 0 Å². The van der Waals surface area contributed by atoms with Gasteiger partial charge in [0, 0.05) is 6.61 Å². The molecule has 0 N–H and O–H groups in total. The molecule has 0 aromatic heterocycles. The maximum atomic E-state index is 12.1. The van der Waals surface area contributed by atoms with Crippen LogP contribution in [0.3, 0.4) is 0 Å². The Kier molecular flexibility index (Phi) is 7.67. The normalized spacial score (nSPS) is 19.1. The first kappa shape index (κ1) is 17.9. The van der Waals surface area contributed by atoms with Crippen molar-refractivity contribution < 1.29 is 28.5 Å². The number of carbonyl (C=O) groups is 2. The van der Waals surface area contributed by atoms with Gasteiger partial charge in [0.05, 0.1) is 19.8 Å². The van der Waals surface area contributed by atoms with Gasteiger partial charge in [-0.15, -0.1) is 0 Å². The van der Waals surface area contributed by atoms with Gasteiger partial charge in [-0.1, -0.05) is 0 Å². The number of rotatable bonds is 8. The zero-order valence-electron chi connectivity index (χ0n) is 13.2. The third kappa shape index (κ3) is 5.28.